The molecule has 0 bridgehead atoms. The fraction of sp³-hybridized carbons (Fsp3) is 0.0476. The lowest BCUT2D eigenvalue weighted by atomic mass is 10.0. The number of aryl methyl sites for hydroxylation is 1. The summed E-state index contributed by atoms with van der Waals surface area (Å²) in [6.45, 7) is 13.4. The Kier molecular flexibility index (Phi) is 4.61. The highest BCUT2D eigenvalue weighted by molar-refractivity contribution is 6.04. The second-order valence-corrected chi connectivity index (χ2v) is 5.41. The van der Waals surface area contributed by atoms with Crippen LogP contribution in [-0.4, -0.2) is 12.6 Å². The maximum Gasteiger partial charge on any atom is 0.232 e. The van der Waals surface area contributed by atoms with Crippen LogP contribution in [0.2, 0.25) is 0 Å². The Morgan fingerprint density at radius 1 is 1.16 bits per heavy atom. The molecule has 0 radical (unpaired) electrons. The van der Waals surface area contributed by atoms with E-state index < -0.39 is 0 Å². The maximum absolute atomic E-state index is 5.83. The molecule has 3 rings (SSSR count). The third-order valence-corrected chi connectivity index (χ3v) is 3.74. The minimum atomic E-state index is 0.267. The zero-order chi connectivity index (χ0) is 17.8. The van der Waals surface area contributed by atoms with Gasteiger partial charge in [0.25, 0.3) is 0 Å². The monoisotopic (exact) mass is 330 g/mol. The average molecular weight is 330 g/mol. The molecule has 0 unspecified atom stereocenters. The van der Waals surface area contributed by atoms with E-state index in [1.165, 1.54) is 0 Å². The van der Waals surface area contributed by atoms with E-state index in [2.05, 4.69) is 29.9 Å². The Bertz CT molecular complexity index is 909. The Labute approximate surface area is 147 Å². The number of para-hydroxylation sites is 1. The first-order chi connectivity index (χ1) is 12.1. The standard InChI is InChI=1S/C21H18N2O2/c1-5-17(20(22-4)25-16-11-7-6-8-12-16)21-23-18-13-9-10-14(2)19(18)15(3)24-21/h5-13H,1,3-4H2,2H3/b20-17-. The van der Waals surface area contributed by atoms with Gasteiger partial charge in [-0.15, -0.1) is 0 Å². The van der Waals surface area contributed by atoms with E-state index in [9.17, 15) is 0 Å². The maximum atomic E-state index is 5.83. The molecule has 0 aromatic heterocycles. The van der Waals surface area contributed by atoms with Crippen LogP contribution in [0.15, 0.2) is 89.2 Å². The lowest BCUT2D eigenvalue weighted by molar-refractivity contribution is 0.415. The number of fused-ring (bicyclic) bond motifs is 1. The van der Waals surface area contributed by atoms with E-state index in [1.54, 1.807) is 6.08 Å². The van der Waals surface area contributed by atoms with Gasteiger partial charge in [-0.2, -0.15) is 0 Å². The van der Waals surface area contributed by atoms with E-state index in [1.807, 2.05) is 55.5 Å². The van der Waals surface area contributed by atoms with Crippen LogP contribution in [0.4, 0.5) is 5.69 Å². The smallest absolute Gasteiger partial charge is 0.232 e. The van der Waals surface area contributed by atoms with Crippen molar-refractivity contribution in [3.05, 3.63) is 90.3 Å². The number of hydrogen-bond acceptors (Lipinski definition) is 4. The van der Waals surface area contributed by atoms with Crippen LogP contribution >= 0.6 is 0 Å². The highest BCUT2D eigenvalue weighted by atomic mass is 16.5. The molecule has 2 aromatic carbocycles. The fourth-order valence-corrected chi connectivity index (χ4v) is 2.56. The summed E-state index contributed by atoms with van der Waals surface area (Å²) in [7, 11) is 0. The van der Waals surface area contributed by atoms with Crippen molar-refractivity contribution in [1.82, 2.24) is 0 Å². The van der Waals surface area contributed by atoms with Crippen molar-refractivity contribution in [2.45, 2.75) is 6.92 Å². The van der Waals surface area contributed by atoms with Crippen molar-refractivity contribution in [2.24, 2.45) is 9.98 Å². The molecule has 0 saturated heterocycles. The van der Waals surface area contributed by atoms with Gasteiger partial charge in [-0.05, 0) is 37.4 Å². The van der Waals surface area contributed by atoms with E-state index in [4.69, 9.17) is 9.47 Å². The van der Waals surface area contributed by atoms with E-state index >= 15 is 0 Å². The van der Waals surface area contributed by atoms with Gasteiger partial charge in [0.2, 0.25) is 11.8 Å². The molecule has 1 heterocycles. The fourth-order valence-electron chi connectivity index (χ4n) is 2.56. The first kappa shape index (κ1) is 16.5. The van der Waals surface area contributed by atoms with Gasteiger partial charge in [0.15, 0.2) is 0 Å². The van der Waals surface area contributed by atoms with Crippen molar-refractivity contribution in [2.75, 3.05) is 0 Å². The SMILES string of the molecule is C=C/C(C1=Nc2cccc(C)c2C(=C)O1)=C(\N=C)Oc1ccccc1. The van der Waals surface area contributed by atoms with Crippen LogP contribution in [-0.2, 0) is 4.74 Å². The minimum Gasteiger partial charge on any atom is -0.438 e. The number of aliphatic imine (C=N–C) groups is 2. The molecule has 0 fully saturated rings. The molecular formula is C21H18N2O2. The van der Waals surface area contributed by atoms with Gasteiger partial charge in [0, 0.05) is 5.56 Å². The van der Waals surface area contributed by atoms with Crippen LogP contribution in [0.5, 0.6) is 5.75 Å². The highest BCUT2D eigenvalue weighted by Gasteiger charge is 2.23. The molecule has 0 saturated carbocycles. The van der Waals surface area contributed by atoms with Crippen LogP contribution in [0.1, 0.15) is 11.1 Å². The van der Waals surface area contributed by atoms with Crippen molar-refractivity contribution in [1.29, 1.82) is 0 Å². The molecule has 0 spiro atoms. The lowest BCUT2D eigenvalue weighted by Crippen LogP contribution is -2.14. The summed E-state index contributed by atoms with van der Waals surface area (Å²) in [5.41, 5.74) is 3.24. The Balaban J connectivity index is 2.06. The molecule has 4 nitrogen and oxygen atoms in total. The van der Waals surface area contributed by atoms with Crippen LogP contribution in [0.3, 0.4) is 0 Å². The van der Waals surface area contributed by atoms with Gasteiger partial charge >= 0.3 is 0 Å². The van der Waals surface area contributed by atoms with Gasteiger partial charge in [-0.25, -0.2) is 9.98 Å². The molecule has 0 amide bonds. The van der Waals surface area contributed by atoms with Gasteiger partial charge in [0.1, 0.15) is 11.5 Å². The summed E-state index contributed by atoms with van der Waals surface area (Å²) in [5.74, 6) is 1.76. The van der Waals surface area contributed by atoms with Crippen molar-refractivity contribution < 1.29 is 9.47 Å². The van der Waals surface area contributed by atoms with E-state index in [0.717, 1.165) is 16.8 Å². The summed E-state index contributed by atoms with van der Waals surface area (Å²) in [6.07, 6.45) is 1.58. The van der Waals surface area contributed by atoms with Crippen molar-refractivity contribution in [3.8, 4) is 5.75 Å². The summed E-state index contributed by atoms with van der Waals surface area (Å²) in [6, 6.07) is 15.2. The number of rotatable bonds is 5. The number of nitrogens with zero attached hydrogens (tertiary/aromatic N) is 2. The summed E-state index contributed by atoms with van der Waals surface area (Å²) in [5, 5.41) is 0. The lowest BCUT2D eigenvalue weighted by Gasteiger charge is -2.21. The Morgan fingerprint density at radius 2 is 1.92 bits per heavy atom. The molecule has 0 atom stereocenters. The van der Waals surface area contributed by atoms with Crippen molar-refractivity contribution >= 4 is 24.1 Å². The number of ether oxygens (including phenoxy) is 2. The summed E-state index contributed by atoms with van der Waals surface area (Å²) >= 11 is 0. The average Bonchev–Trinajstić information content (AvgIpc) is 2.62. The number of benzene rings is 2. The van der Waals surface area contributed by atoms with Crippen molar-refractivity contribution in [3.63, 3.8) is 0 Å². The molecule has 25 heavy (non-hydrogen) atoms. The minimum absolute atomic E-state index is 0.267. The summed E-state index contributed by atoms with van der Waals surface area (Å²) in [4.78, 5) is 8.55. The molecular weight excluding hydrogens is 312 g/mol. The molecule has 124 valence electrons. The number of hydrogen-bond donors (Lipinski definition) is 0. The zero-order valence-corrected chi connectivity index (χ0v) is 14.0. The predicted molar refractivity (Wildman–Crippen MR) is 102 cm³/mol. The van der Waals surface area contributed by atoms with Crippen LogP contribution in [0, 0.1) is 6.92 Å². The molecule has 2 aromatic rings. The Hall–Kier alpha value is -3.40. The largest absolute Gasteiger partial charge is 0.438 e. The zero-order valence-electron chi connectivity index (χ0n) is 14.0. The highest BCUT2D eigenvalue weighted by Crippen LogP contribution is 2.35. The van der Waals surface area contributed by atoms with Crippen LogP contribution < -0.4 is 4.74 Å². The van der Waals surface area contributed by atoms with Gasteiger partial charge in [0.05, 0.1) is 11.3 Å². The Morgan fingerprint density at radius 3 is 2.60 bits per heavy atom. The second kappa shape index (κ2) is 7.01. The first-order valence-corrected chi connectivity index (χ1v) is 7.76. The molecule has 1 aliphatic heterocycles. The van der Waals surface area contributed by atoms with Gasteiger partial charge in [-0.3, -0.25) is 0 Å². The topological polar surface area (TPSA) is 43.2 Å². The third-order valence-electron chi connectivity index (χ3n) is 3.74. The second-order valence-electron chi connectivity index (χ2n) is 5.41. The quantitative estimate of drug-likeness (QED) is 0.429. The van der Waals surface area contributed by atoms with Gasteiger partial charge in [-0.1, -0.05) is 49.6 Å². The molecule has 0 aliphatic carbocycles. The van der Waals surface area contributed by atoms with Gasteiger partial charge < -0.3 is 9.47 Å². The normalized spacial score (nSPS) is 13.8. The third kappa shape index (κ3) is 3.28. The molecule has 4 heteroatoms. The first-order valence-electron chi connectivity index (χ1n) is 7.76. The summed E-state index contributed by atoms with van der Waals surface area (Å²) < 4.78 is 11.6. The molecule has 0 N–H and O–H groups in total. The van der Waals surface area contributed by atoms with Crippen LogP contribution in [0.25, 0.3) is 5.76 Å². The molecule has 1 aliphatic rings. The van der Waals surface area contributed by atoms with E-state index in [-0.39, 0.29) is 5.88 Å². The predicted octanol–water partition coefficient (Wildman–Crippen LogP) is 5.20. The van der Waals surface area contributed by atoms with E-state index in [0.29, 0.717) is 23.0 Å².